The molecule has 4 aliphatic heterocycles. The van der Waals surface area contributed by atoms with E-state index in [-0.39, 0.29) is 0 Å². The lowest BCUT2D eigenvalue weighted by molar-refractivity contribution is -0.288. The van der Waals surface area contributed by atoms with E-state index >= 15 is 0 Å². The molecule has 4 aliphatic rings. The molecule has 4 heterocycles. The molecule has 198 valence electrons. The predicted octanol–water partition coefficient (Wildman–Crippen LogP) is -5.76. The SMILES string of the molecule is O=C(OCC1O[C@@H](O)[C@@H](O)[C@H](O)[C@@H]1O)[C@@H]1C2C=CC(O2)[C@@H]1C(=O)OCC1O[C@@H](O)[C@@H](O)[C@H](O)[C@@H]1O. The average Bonchev–Trinajstić information content (AvgIpc) is 3.46. The van der Waals surface area contributed by atoms with E-state index in [9.17, 15) is 50.4 Å². The fourth-order valence-electron chi connectivity index (χ4n) is 4.53. The predicted molar refractivity (Wildman–Crippen MR) is 104 cm³/mol. The summed E-state index contributed by atoms with van der Waals surface area (Å²) >= 11 is 0. The molecule has 0 aromatic rings. The topological polar surface area (TPSA) is 242 Å². The number of fused-ring (bicyclic) bond motifs is 2. The second kappa shape index (κ2) is 10.3. The van der Waals surface area contributed by atoms with Gasteiger partial charge in [-0.15, -0.1) is 0 Å². The summed E-state index contributed by atoms with van der Waals surface area (Å²) in [7, 11) is 0. The molecule has 0 aromatic heterocycles. The van der Waals surface area contributed by atoms with Gasteiger partial charge in [0.2, 0.25) is 0 Å². The highest BCUT2D eigenvalue weighted by Gasteiger charge is 2.55. The molecule has 2 bridgehead atoms. The number of hydrogen-bond acceptors (Lipinski definition) is 15. The van der Waals surface area contributed by atoms with Crippen molar-refractivity contribution in [3.63, 3.8) is 0 Å². The largest absolute Gasteiger partial charge is 0.462 e. The van der Waals surface area contributed by atoms with Gasteiger partial charge in [0.1, 0.15) is 73.9 Å². The van der Waals surface area contributed by atoms with Crippen LogP contribution in [0.25, 0.3) is 0 Å². The van der Waals surface area contributed by atoms with Crippen LogP contribution >= 0.6 is 0 Å². The lowest BCUT2D eigenvalue weighted by Gasteiger charge is -2.38. The van der Waals surface area contributed by atoms with Crippen LogP contribution < -0.4 is 0 Å². The molecular formula is C20H28O15. The van der Waals surface area contributed by atoms with E-state index in [2.05, 4.69) is 0 Å². The summed E-state index contributed by atoms with van der Waals surface area (Å²) < 4.78 is 25.8. The van der Waals surface area contributed by atoms with E-state index in [0.717, 1.165) is 0 Å². The first-order valence-corrected chi connectivity index (χ1v) is 10.9. The van der Waals surface area contributed by atoms with Gasteiger partial charge in [-0.05, 0) is 0 Å². The van der Waals surface area contributed by atoms with Crippen molar-refractivity contribution in [2.45, 2.75) is 73.6 Å². The van der Waals surface area contributed by atoms with Crippen molar-refractivity contribution < 1.29 is 74.1 Å². The number of rotatable bonds is 6. The fraction of sp³-hybridized carbons (Fsp3) is 0.800. The normalized spacial score (nSPS) is 49.1. The van der Waals surface area contributed by atoms with Crippen molar-refractivity contribution in [2.24, 2.45) is 11.8 Å². The summed E-state index contributed by atoms with van der Waals surface area (Å²) in [5.74, 6) is -4.15. The summed E-state index contributed by atoms with van der Waals surface area (Å²) in [6.07, 6.45) is -15.2. The molecule has 0 amide bonds. The van der Waals surface area contributed by atoms with Crippen LogP contribution in [0.1, 0.15) is 0 Å². The molecule has 0 spiro atoms. The van der Waals surface area contributed by atoms with Crippen molar-refractivity contribution in [3.8, 4) is 0 Å². The molecule has 8 N–H and O–H groups in total. The zero-order valence-corrected chi connectivity index (χ0v) is 18.1. The third kappa shape index (κ3) is 4.94. The van der Waals surface area contributed by atoms with E-state index in [0.29, 0.717) is 0 Å². The number of aliphatic hydroxyl groups is 8. The maximum absolute atomic E-state index is 12.8. The minimum Gasteiger partial charge on any atom is -0.462 e. The van der Waals surface area contributed by atoms with Gasteiger partial charge in [-0.3, -0.25) is 9.59 Å². The van der Waals surface area contributed by atoms with Gasteiger partial charge in [-0.2, -0.15) is 0 Å². The Hall–Kier alpha value is -1.76. The first-order valence-electron chi connectivity index (χ1n) is 10.9. The van der Waals surface area contributed by atoms with Crippen molar-refractivity contribution in [3.05, 3.63) is 12.2 Å². The Labute approximate surface area is 197 Å². The highest BCUT2D eigenvalue weighted by atomic mass is 16.7. The molecule has 0 saturated carbocycles. The standard InChI is InChI=1S/C20H28O15/c21-11-7(34-19(29)15(25)13(11)23)3-31-17(27)9-5-1-2-6(33-5)10(9)18(28)32-4-8-12(22)14(24)16(26)20(30)35-8/h1-2,5-16,19-26,29-30H,3-4H2/t5?,6?,7?,8?,9-,10+,11-,12-,13-,14-,15+,16+,19-,20-/m1/s1. The van der Waals surface area contributed by atoms with E-state index in [1.165, 1.54) is 0 Å². The van der Waals surface area contributed by atoms with Crippen molar-refractivity contribution >= 4 is 11.9 Å². The Kier molecular flexibility index (Phi) is 7.75. The summed E-state index contributed by atoms with van der Waals surface area (Å²) in [5.41, 5.74) is 0. The van der Waals surface area contributed by atoms with Gasteiger partial charge in [-0.25, -0.2) is 0 Å². The molecule has 15 nitrogen and oxygen atoms in total. The third-order valence-electron chi connectivity index (χ3n) is 6.60. The van der Waals surface area contributed by atoms with Gasteiger partial charge in [0.05, 0.1) is 12.2 Å². The van der Waals surface area contributed by atoms with Gasteiger partial charge in [0, 0.05) is 0 Å². The number of ether oxygens (including phenoxy) is 5. The van der Waals surface area contributed by atoms with Crippen LogP contribution in [-0.4, -0.2) is 140 Å². The number of carbonyl (C=O) groups is 2. The Morgan fingerprint density at radius 2 is 0.943 bits per heavy atom. The molecule has 3 fully saturated rings. The van der Waals surface area contributed by atoms with Crippen LogP contribution in [0.3, 0.4) is 0 Å². The number of aliphatic hydroxyl groups excluding tert-OH is 8. The fourth-order valence-corrected chi connectivity index (χ4v) is 4.53. The van der Waals surface area contributed by atoms with Gasteiger partial charge in [0.15, 0.2) is 12.6 Å². The summed E-state index contributed by atoms with van der Waals surface area (Å²) in [5, 5.41) is 77.7. The maximum Gasteiger partial charge on any atom is 0.313 e. The van der Waals surface area contributed by atoms with Crippen molar-refractivity contribution in [2.75, 3.05) is 13.2 Å². The second-order valence-electron chi connectivity index (χ2n) is 8.84. The smallest absolute Gasteiger partial charge is 0.313 e. The van der Waals surface area contributed by atoms with E-state index in [1.807, 2.05) is 0 Å². The van der Waals surface area contributed by atoms with E-state index < -0.39 is 111 Å². The minimum atomic E-state index is -1.82. The highest BCUT2D eigenvalue weighted by molar-refractivity contribution is 5.85. The molecule has 3 saturated heterocycles. The van der Waals surface area contributed by atoms with Crippen LogP contribution in [0.4, 0.5) is 0 Å². The molecule has 15 heteroatoms. The average molecular weight is 508 g/mol. The molecular weight excluding hydrogens is 480 g/mol. The van der Waals surface area contributed by atoms with Crippen molar-refractivity contribution in [1.29, 1.82) is 0 Å². The summed E-state index contributed by atoms with van der Waals surface area (Å²) in [4.78, 5) is 25.6. The van der Waals surface area contributed by atoms with Crippen molar-refractivity contribution in [1.82, 2.24) is 0 Å². The molecule has 35 heavy (non-hydrogen) atoms. The Morgan fingerprint density at radius 3 is 1.31 bits per heavy atom. The molecule has 14 atom stereocenters. The third-order valence-corrected chi connectivity index (χ3v) is 6.60. The zero-order chi connectivity index (χ0) is 25.6. The summed E-state index contributed by atoms with van der Waals surface area (Å²) in [6, 6.07) is 0. The summed E-state index contributed by atoms with van der Waals surface area (Å²) in [6.45, 7) is -1.22. The second-order valence-corrected chi connectivity index (χ2v) is 8.84. The quantitative estimate of drug-likeness (QED) is 0.123. The number of esters is 2. The Balaban J connectivity index is 1.35. The first kappa shape index (κ1) is 26.3. The van der Waals surface area contributed by atoms with Crippen LogP contribution in [-0.2, 0) is 33.3 Å². The Bertz CT molecular complexity index is 756. The van der Waals surface area contributed by atoms with Crippen LogP contribution in [0.5, 0.6) is 0 Å². The lowest BCUT2D eigenvalue weighted by atomic mass is 9.83. The first-order chi connectivity index (χ1) is 16.5. The Morgan fingerprint density at radius 1 is 0.571 bits per heavy atom. The molecule has 4 rings (SSSR count). The van der Waals surface area contributed by atoms with Gasteiger partial charge < -0.3 is 64.5 Å². The van der Waals surface area contributed by atoms with E-state index in [4.69, 9.17) is 23.7 Å². The highest BCUT2D eigenvalue weighted by Crippen LogP contribution is 2.40. The number of carbonyl (C=O) groups excluding carboxylic acids is 2. The molecule has 0 aliphatic carbocycles. The minimum absolute atomic E-state index is 0.611. The van der Waals surface area contributed by atoms with Gasteiger partial charge >= 0.3 is 11.9 Å². The molecule has 0 aromatic carbocycles. The maximum atomic E-state index is 12.8. The van der Waals surface area contributed by atoms with Crippen LogP contribution in [0.2, 0.25) is 0 Å². The van der Waals surface area contributed by atoms with Crippen LogP contribution in [0, 0.1) is 11.8 Å². The van der Waals surface area contributed by atoms with Crippen LogP contribution in [0.15, 0.2) is 12.2 Å². The van der Waals surface area contributed by atoms with Gasteiger partial charge in [0.25, 0.3) is 0 Å². The van der Waals surface area contributed by atoms with E-state index in [1.54, 1.807) is 12.2 Å². The lowest BCUT2D eigenvalue weighted by Crippen LogP contribution is -2.59. The number of hydrogen-bond donors (Lipinski definition) is 8. The molecule has 0 radical (unpaired) electrons. The van der Waals surface area contributed by atoms with Gasteiger partial charge in [-0.1, -0.05) is 12.2 Å². The monoisotopic (exact) mass is 508 g/mol. The zero-order valence-electron chi connectivity index (χ0n) is 18.1. The molecule has 4 unspecified atom stereocenters.